The lowest BCUT2D eigenvalue weighted by molar-refractivity contribution is -0.119. The van der Waals surface area contributed by atoms with Crippen molar-refractivity contribution in [1.82, 2.24) is 9.97 Å². The summed E-state index contributed by atoms with van der Waals surface area (Å²) in [7, 11) is 0. The number of hydrogen-bond donors (Lipinski definition) is 2. The van der Waals surface area contributed by atoms with Gasteiger partial charge in [-0.25, -0.2) is 14.8 Å². The highest BCUT2D eigenvalue weighted by Crippen LogP contribution is 2.33. The average Bonchev–Trinajstić information content (AvgIpc) is 2.74. The number of benzene rings is 1. The predicted octanol–water partition coefficient (Wildman–Crippen LogP) is 3.12. The number of primary amides is 1. The van der Waals surface area contributed by atoms with Crippen LogP contribution in [0.3, 0.4) is 0 Å². The molecule has 0 radical (unpaired) electrons. The third kappa shape index (κ3) is 5.19. The highest BCUT2D eigenvalue weighted by atomic mass is 16.5. The molecule has 3 N–H and O–H groups in total. The summed E-state index contributed by atoms with van der Waals surface area (Å²) in [5, 5.41) is 3.87. The van der Waals surface area contributed by atoms with Crippen molar-refractivity contribution in [1.29, 1.82) is 0 Å². The number of amides is 1. The van der Waals surface area contributed by atoms with E-state index in [-0.39, 0.29) is 18.8 Å². The van der Waals surface area contributed by atoms with Gasteiger partial charge in [-0.1, -0.05) is 0 Å². The molecule has 0 aliphatic carbocycles. The number of aromatic nitrogens is 2. The third-order valence-electron chi connectivity index (χ3n) is 4.30. The number of aryl methyl sites for hydroxylation is 1. The molecule has 0 fully saturated rings. The summed E-state index contributed by atoms with van der Waals surface area (Å²) in [4.78, 5) is 32.3. The Morgan fingerprint density at radius 3 is 2.48 bits per heavy atom. The first-order valence-corrected chi connectivity index (χ1v) is 9.81. The van der Waals surface area contributed by atoms with Crippen molar-refractivity contribution < 1.29 is 23.8 Å². The number of nitrogens with one attached hydrogen (secondary N) is 1. The zero-order valence-corrected chi connectivity index (χ0v) is 17.6. The maximum absolute atomic E-state index is 12.6. The summed E-state index contributed by atoms with van der Waals surface area (Å²) in [5.41, 5.74) is 7.73. The van der Waals surface area contributed by atoms with Crippen LogP contribution in [0.1, 0.15) is 29.9 Å². The molecule has 1 aromatic carbocycles. The largest absolute Gasteiger partial charge is 0.492 e. The Morgan fingerprint density at radius 2 is 1.84 bits per heavy atom. The molecule has 31 heavy (non-hydrogen) atoms. The second-order valence-electron chi connectivity index (χ2n) is 6.55. The van der Waals surface area contributed by atoms with Gasteiger partial charge < -0.3 is 25.3 Å². The van der Waals surface area contributed by atoms with Gasteiger partial charge in [0.15, 0.2) is 12.3 Å². The highest BCUT2D eigenvalue weighted by molar-refractivity contribution is 6.05. The van der Waals surface area contributed by atoms with Crippen molar-refractivity contribution in [2.75, 3.05) is 25.1 Å². The van der Waals surface area contributed by atoms with Crippen molar-refractivity contribution in [2.45, 2.75) is 20.8 Å². The molecule has 162 valence electrons. The number of ether oxygens (including phenoxy) is 3. The van der Waals surface area contributed by atoms with Gasteiger partial charge in [-0.3, -0.25) is 4.79 Å². The van der Waals surface area contributed by atoms with E-state index in [0.717, 1.165) is 0 Å². The van der Waals surface area contributed by atoms with Crippen molar-refractivity contribution in [3.8, 4) is 11.5 Å². The molecule has 9 heteroatoms. The van der Waals surface area contributed by atoms with E-state index in [0.29, 0.717) is 46.2 Å². The number of esters is 1. The van der Waals surface area contributed by atoms with Crippen LogP contribution in [-0.2, 0) is 9.53 Å². The zero-order chi connectivity index (χ0) is 22.4. The minimum absolute atomic E-state index is 0.208. The maximum atomic E-state index is 12.6. The molecule has 0 spiro atoms. The number of fused-ring (bicyclic) bond motifs is 1. The van der Waals surface area contributed by atoms with E-state index in [4.69, 9.17) is 19.9 Å². The van der Waals surface area contributed by atoms with Gasteiger partial charge in [0.2, 0.25) is 0 Å². The van der Waals surface area contributed by atoms with E-state index in [1.165, 1.54) is 6.20 Å². The topological polar surface area (TPSA) is 126 Å². The van der Waals surface area contributed by atoms with E-state index in [2.05, 4.69) is 15.3 Å². The number of pyridine rings is 2. The molecule has 1 amide bonds. The van der Waals surface area contributed by atoms with E-state index < -0.39 is 11.9 Å². The number of anilines is 2. The van der Waals surface area contributed by atoms with Gasteiger partial charge in [0, 0.05) is 17.3 Å². The highest BCUT2D eigenvalue weighted by Gasteiger charge is 2.19. The fourth-order valence-corrected chi connectivity index (χ4v) is 2.93. The number of hydrogen-bond acceptors (Lipinski definition) is 8. The van der Waals surface area contributed by atoms with Gasteiger partial charge >= 0.3 is 5.97 Å². The van der Waals surface area contributed by atoms with Crippen LogP contribution < -0.4 is 20.5 Å². The van der Waals surface area contributed by atoms with E-state index in [9.17, 15) is 9.59 Å². The van der Waals surface area contributed by atoms with Crippen molar-refractivity contribution in [2.24, 2.45) is 5.73 Å². The predicted molar refractivity (Wildman–Crippen MR) is 116 cm³/mol. The monoisotopic (exact) mass is 424 g/mol. The summed E-state index contributed by atoms with van der Waals surface area (Å²) >= 11 is 0. The van der Waals surface area contributed by atoms with Crippen LogP contribution in [-0.4, -0.2) is 41.7 Å². The van der Waals surface area contributed by atoms with Crippen molar-refractivity contribution in [3.05, 3.63) is 47.8 Å². The number of carbonyl (C=O) groups is 2. The quantitative estimate of drug-likeness (QED) is 0.502. The van der Waals surface area contributed by atoms with E-state index in [1.807, 2.05) is 19.9 Å². The van der Waals surface area contributed by atoms with Crippen LogP contribution in [0, 0.1) is 6.92 Å². The average molecular weight is 424 g/mol. The van der Waals surface area contributed by atoms with Crippen LogP contribution in [0.15, 0.2) is 36.5 Å². The third-order valence-corrected chi connectivity index (χ3v) is 4.30. The first kappa shape index (κ1) is 21.8. The normalized spacial score (nSPS) is 10.5. The van der Waals surface area contributed by atoms with E-state index >= 15 is 0 Å². The Kier molecular flexibility index (Phi) is 6.86. The molecule has 9 nitrogen and oxygen atoms in total. The first-order valence-electron chi connectivity index (χ1n) is 9.81. The lowest BCUT2D eigenvalue weighted by Crippen LogP contribution is -2.19. The SMILES string of the molecule is CCOC(=O)c1cnc2nc(C)c(OCC)cc2c1Nc1ccc(OCC(N)=O)cc1. The Hall–Kier alpha value is -3.88. The molecule has 2 aromatic heterocycles. The molecule has 2 heterocycles. The van der Waals surface area contributed by atoms with Crippen LogP contribution in [0.25, 0.3) is 11.0 Å². The summed E-state index contributed by atoms with van der Waals surface area (Å²) in [6.45, 7) is 5.97. The van der Waals surface area contributed by atoms with Crippen molar-refractivity contribution in [3.63, 3.8) is 0 Å². The van der Waals surface area contributed by atoms with Gasteiger partial charge in [-0.05, 0) is 51.1 Å². The zero-order valence-electron chi connectivity index (χ0n) is 17.6. The molecule has 0 aliphatic rings. The fourth-order valence-electron chi connectivity index (χ4n) is 2.93. The molecule has 0 saturated heterocycles. The van der Waals surface area contributed by atoms with Gasteiger partial charge in [0.05, 0.1) is 24.6 Å². The molecule has 3 aromatic rings. The van der Waals surface area contributed by atoms with Gasteiger partial charge in [0.1, 0.15) is 17.1 Å². The second-order valence-corrected chi connectivity index (χ2v) is 6.55. The Morgan fingerprint density at radius 1 is 1.10 bits per heavy atom. The van der Waals surface area contributed by atoms with Crippen LogP contribution in [0.5, 0.6) is 11.5 Å². The minimum Gasteiger partial charge on any atom is -0.492 e. The maximum Gasteiger partial charge on any atom is 0.341 e. The fraction of sp³-hybridized carbons (Fsp3) is 0.273. The molecular weight excluding hydrogens is 400 g/mol. The summed E-state index contributed by atoms with van der Waals surface area (Å²) in [6.07, 6.45) is 1.44. The molecule has 0 saturated carbocycles. The van der Waals surface area contributed by atoms with Crippen molar-refractivity contribution >= 4 is 34.3 Å². The molecule has 0 bridgehead atoms. The lowest BCUT2D eigenvalue weighted by Gasteiger charge is -2.16. The summed E-state index contributed by atoms with van der Waals surface area (Å²) in [5.74, 6) is 0.0401. The first-order chi connectivity index (χ1) is 14.9. The van der Waals surface area contributed by atoms with E-state index in [1.54, 1.807) is 31.2 Å². The minimum atomic E-state index is -0.558. The molecule has 0 unspecified atom stereocenters. The number of nitrogens with two attached hydrogens (primary N) is 1. The lowest BCUT2D eigenvalue weighted by atomic mass is 10.1. The summed E-state index contributed by atoms with van der Waals surface area (Å²) < 4.78 is 16.1. The molecular formula is C22H24N4O5. The number of carbonyl (C=O) groups excluding carboxylic acids is 2. The Bertz CT molecular complexity index is 1100. The van der Waals surface area contributed by atoms with Crippen LogP contribution in [0.4, 0.5) is 11.4 Å². The van der Waals surface area contributed by atoms with Gasteiger partial charge in [-0.2, -0.15) is 0 Å². The van der Waals surface area contributed by atoms with Gasteiger partial charge in [0.25, 0.3) is 5.91 Å². The second kappa shape index (κ2) is 9.75. The molecule has 0 aliphatic heterocycles. The molecule has 3 rings (SSSR count). The van der Waals surface area contributed by atoms with Gasteiger partial charge in [-0.15, -0.1) is 0 Å². The summed E-state index contributed by atoms with van der Waals surface area (Å²) in [6, 6.07) is 8.69. The number of rotatable bonds is 9. The Balaban J connectivity index is 2.04. The van der Waals surface area contributed by atoms with Crippen LogP contribution >= 0.6 is 0 Å². The van der Waals surface area contributed by atoms with Crippen LogP contribution in [0.2, 0.25) is 0 Å². The number of nitrogens with zero attached hydrogens (tertiary/aromatic N) is 2. The standard InChI is InChI=1S/C22H24N4O5/c1-4-29-18-10-16-20(26-14-6-8-15(9-7-14)31-12-19(23)27)17(22(28)30-5-2)11-24-21(16)25-13(18)3/h6-11H,4-5,12H2,1-3H3,(H2,23,27)(H,24,25,26). The smallest absolute Gasteiger partial charge is 0.341 e. The Labute approximate surface area is 179 Å². The molecule has 0 atom stereocenters.